The molecule has 1 fully saturated rings. The van der Waals surface area contributed by atoms with E-state index >= 15 is 0 Å². The van der Waals surface area contributed by atoms with E-state index in [1.54, 1.807) is 0 Å². The number of aryl methyl sites for hydroxylation is 3. The molecule has 5 heteroatoms. The molecule has 0 atom stereocenters. The Morgan fingerprint density at radius 1 is 0.952 bits per heavy atom. The van der Waals surface area contributed by atoms with Crippen molar-refractivity contribution in [1.82, 2.24) is 0 Å². The van der Waals surface area contributed by atoms with E-state index in [1.165, 1.54) is 25.6 Å². The second-order valence-electron chi connectivity index (χ2n) is 5.63. The molecular weight excluding hydrogens is 270 g/mol. The highest BCUT2D eigenvalue weighted by molar-refractivity contribution is 6.15. The molecule has 1 aromatic carbocycles. The first-order valence-corrected chi connectivity index (χ1v) is 6.71. The highest BCUT2D eigenvalue weighted by Gasteiger charge is 2.38. The number of nitrogens with one attached hydrogen (secondary N) is 1. The largest absolute Gasteiger partial charge is 0.419 e. The van der Waals surface area contributed by atoms with Crippen LogP contribution in [0.2, 0.25) is 0 Å². The first kappa shape index (κ1) is 15.1. The lowest BCUT2D eigenvalue weighted by atomic mass is 10.0. The third-order valence-electron chi connectivity index (χ3n) is 3.33. The number of hydrogen-bond donors (Lipinski definition) is 1. The summed E-state index contributed by atoms with van der Waals surface area (Å²) in [5.74, 6) is -2.60. The number of cyclic esters (lactones) is 2. The molecule has 1 aromatic rings. The quantitative estimate of drug-likeness (QED) is 0.515. The van der Waals surface area contributed by atoms with E-state index in [0.29, 0.717) is 0 Å². The second kappa shape index (κ2) is 5.24. The SMILES string of the molecule is Cc1cc(C)c(NC=C2C(=O)OC(C)(C)OC2=O)cc1C. The monoisotopic (exact) mass is 289 g/mol. The molecule has 0 aromatic heterocycles. The van der Waals surface area contributed by atoms with E-state index in [1.807, 2.05) is 32.9 Å². The lowest BCUT2D eigenvalue weighted by Crippen LogP contribution is -2.42. The van der Waals surface area contributed by atoms with Crippen LogP contribution < -0.4 is 5.32 Å². The topological polar surface area (TPSA) is 64.6 Å². The molecule has 5 nitrogen and oxygen atoms in total. The summed E-state index contributed by atoms with van der Waals surface area (Å²) in [7, 11) is 0. The lowest BCUT2D eigenvalue weighted by molar-refractivity contribution is -0.222. The third kappa shape index (κ3) is 3.24. The fourth-order valence-corrected chi connectivity index (χ4v) is 2.04. The first-order chi connectivity index (χ1) is 9.69. The number of ether oxygens (including phenoxy) is 2. The van der Waals surface area contributed by atoms with Gasteiger partial charge in [0.1, 0.15) is 0 Å². The molecule has 0 saturated carbocycles. The summed E-state index contributed by atoms with van der Waals surface area (Å²) in [4.78, 5) is 23.6. The minimum atomic E-state index is -1.22. The molecule has 0 aliphatic carbocycles. The van der Waals surface area contributed by atoms with Crippen molar-refractivity contribution < 1.29 is 19.1 Å². The number of hydrogen-bond acceptors (Lipinski definition) is 5. The van der Waals surface area contributed by atoms with Gasteiger partial charge < -0.3 is 14.8 Å². The van der Waals surface area contributed by atoms with Crippen LogP contribution in [0.1, 0.15) is 30.5 Å². The van der Waals surface area contributed by atoms with Gasteiger partial charge in [0.2, 0.25) is 0 Å². The summed E-state index contributed by atoms with van der Waals surface area (Å²) in [6.45, 7) is 9.01. The first-order valence-electron chi connectivity index (χ1n) is 6.71. The van der Waals surface area contributed by atoms with Crippen molar-refractivity contribution in [1.29, 1.82) is 0 Å². The van der Waals surface area contributed by atoms with Gasteiger partial charge >= 0.3 is 11.9 Å². The van der Waals surface area contributed by atoms with E-state index < -0.39 is 17.7 Å². The minimum Gasteiger partial charge on any atom is -0.419 e. The Bertz CT molecular complexity index is 622. The third-order valence-corrected chi connectivity index (χ3v) is 3.33. The molecule has 21 heavy (non-hydrogen) atoms. The van der Waals surface area contributed by atoms with Gasteiger partial charge in [0.25, 0.3) is 5.79 Å². The summed E-state index contributed by atoms with van der Waals surface area (Å²) < 4.78 is 10.1. The molecule has 0 spiro atoms. The van der Waals surface area contributed by atoms with Gasteiger partial charge in [0.15, 0.2) is 5.57 Å². The zero-order valence-corrected chi connectivity index (χ0v) is 12.9. The Hall–Kier alpha value is -2.30. The van der Waals surface area contributed by atoms with Crippen LogP contribution in [0.25, 0.3) is 0 Å². The van der Waals surface area contributed by atoms with Crippen LogP contribution in [0.3, 0.4) is 0 Å². The maximum Gasteiger partial charge on any atom is 0.350 e. The van der Waals surface area contributed by atoms with Gasteiger partial charge in [-0.05, 0) is 43.5 Å². The van der Waals surface area contributed by atoms with Crippen molar-refractivity contribution in [2.45, 2.75) is 40.4 Å². The summed E-state index contributed by atoms with van der Waals surface area (Å²) >= 11 is 0. The number of carbonyl (C=O) groups excluding carboxylic acids is 2. The molecule has 1 saturated heterocycles. The van der Waals surface area contributed by atoms with Crippen LogP contribution >= 0.6 is 0 Å². The van der Waals surface area contributed by atoms with Crippen LogP contribution in [0, 0.1) is 20.8 Å². The Morgan fingerprint density at radius 3 is 2.05 bits per heavy atom. The van der Waals surface area contributed by atoms with Crippen LogP contribution in [0.5, 0.6) is 0 Å². The van der Waals surface area contributed by atoms with Crippen LogP contribution in [0.4, 0.5) is 5.69 Å². The lowest BCUT2D eigenvalue weighted by Gasteiger charge is -2.29. The molecule has 0 amide bonds. The van der Waals surface area contributed by atoms with Crippen LogP contribution in [-0.2, 0) is 19.1 Å². The maximum absolute atomic E-state index is 11.8. The van der Waals surface area contributed by atoms with Gasteiger partial charge in [-0.1, -0.05) is 6.07 Å². The highest BCUT2D eigenvalue weighted by atomic mass is 16.7. The van der Waals surface area contributed by atoms with Crippen molar-refractivity contribution in [2.75, 3.05) is 5.32 Å². The molecule has 0 bridgehead atoms. The summed E-state index contributed by atoms with van der Waals surface area (Å²) in [5.41, 5.74) is 4.01. The average Bonchev–Trinajstić information content (AvgIpc) is 2.32. The number of rotatable bonds is 2. The van der Waals surface area contributed by atoms with E-state index in [9.17, 15) is 9.59 Å². The molecule has 112 valence electrons. The van der Waals surface area contributed by atoms with Crippen molar-refractivity contribution in [3.63, 3.8) is 0 Å². The number of carbonyl (C=O) groups is 2. The fourth-order valence-electron chi connectivity index (χ4n) is 2.04. The molecule has 1 N–H and O–H groups in total. The predicted octanol–water partition coefficient (Wildman–Crippen LogP) is 2.74. The molecule has 1 aliphatic rings. The Balaban J connectivity index is 2.24. The zero-order valence-electron chi connectivity index (χ0n) is 12.9. The Morgan fingerprint density at radius 2 is 1.48 bits per heavy atom. The number of benzene rings is 1. The van der Waals surface area contributed by atoms with Gasteiger partial charge in [-0.3, -0.25) is 0 Å². The Kier molecular flexibility index (Phi) is 3.77. The predicted molar refractivity (Wildman–Crippen MR) is 78.6 cm³/mol. The smallest absolute Gasteiger partial charge is 0.350 e. The van der Waals surface area contributed by atoms with Gasteiger partial charge in [-0.2, -0.15) is 0 Å². The molecular formula is C16H19NO4. The Labute approximate surface area is 123 Å². The molecule has 1 aliphatic heterocycles. The fraction of sp³-hybridized carbons (Fsp3) is 0.375. The molecule has 0 radical (unpaired) electrons. The summed E-state index contributed by atoms with van der Waals surface area (Å²) in [5, 5.41) is 2.98. The highest BCUT2D eigenvalue weighted by Crippen LogP contribution is 2.24. The average molecular weight is 289 g/mol. The van der Waals surface area contributed by atoms with Gasteiger partial charge in [0, 0.05) is 25.7 Å². The standard InChI is InChI=1S/C16H19NO4/c1-9-6-11(3)13(7-10(9)2)17-8-12-14(18)20-16(4,5)21-15(12)19/h6-8,17H,1-5H3. The van der Waals surface area contributed by atoms with Crippen molar-refractivity contribution in [3.05, 3.63) is 40.6 Å². The van der Waals surface area contributed by atoms with E-state index in [2.05, 4.69) is 5.32 Å². The number of anilines is 1. The second-order valence-corrected chi connectivity index (χ2v) is 5.63. The van der Waals surface area contributed by atoms with Crippen LogP contribution in [-0.4, -0.2) is 17.7 Å². The van der Waals surface area contributed by atoms with Gasteiger partial charge in [-0.15, -0.1) is 0 Å². The summed E-state index contributed by atoms with van der Waals surface area (Å²) in [6, 6.07) is 4.00. The van der Waals surface area contributed by atoms with Crippen LogP contribution in [0.15, 0.2) is 23.9 Å². The van der Waals surface area contributed by atoms with E-state index in [4.69, 9.17) is 9.47 Å². The molecule has 2 rings (SSSR count). The number of esters is 2. The molecule has 0 unspecified atom stereocenters. The van der Waals surface area contributed by atoms with Gasteiger partial charge in [-0.25, -0.2) is 9.59 Å². The normalized spacial score (nSPS) is 17.1. The van der Waals surface area contributed by atoms with Crippen molar-refractivity contribution >= 4 is 17.6 Å². The maximum atomic E-state index is 11.8. The zero-order chi connectivity index (χ0) is 15.8. The minimum absolute atomic E-state index is 0.146. The van der Waals surface area contributed by atoms with E-state index in [-0.39, 0.29) is 5.57 Å². The van der Waals surface area contributed by atoms with E-state index in [0.717, 1.165) is 16.8 Å². The molecule has 1 heterocycles. The van der Waals surface area contributed by atoms with Gasteiger partial charge in [0.05, 0.1) is 0 Å². The van der Waals surface area contributed by atoms with Crippen molar-refractivity contribution in [2.24, 2.45) is 0 Å². The summed E-state index contributed by atoms with van der Waals surface area (Å²) in [6.07, 6.45) is 1.33. The van der Waals surface area contributed by atoms with Crippen molar-refractivity contribution in [3.8, 4) is 0 Å².